The zero-order valence-electron chi connectivity index (χ0n) is 13.5. The molecule has 2 N–H and O–H groups in total. The minimum atomic E-state index is -3.60. The number of halogens is 1. The van der Waals surface area contributed by atoms with Crippen LogP contribution < -0.4 is 14.5 Å². The van der Waals surface area contributed by atoms with Crippen LogP contribution in [0.3, 0.4) is 0 Å². The van der Waals surface area contributed by atoms with Crippen LogP contribution in [-0.2, 0) is 10.0 Å². The summed E-state index contributed by atoms with van der Waals surface area (Å²) in [6.45, 7) is 4.29. The van der Waals surface area contributed by atoms with E-state index in [1.807, 2.05) is 24.3 Å². The summed E-state index contributed by atoms with van der Waals surface area (Å²) < 4.78 is 28.2. The highest BCUT2D eigenvalue weighted by molar-refractivity contribution is 9.10. The number of quaternary nitrogens is 1. The Morgan fingerprint density at radius 2 is 1.67 bits per heavy atom. The minimum Gasteiger partial charge on any atom is -0.360 e. The fourth-order valence-corrected chi connectivity index (χ4v) is 4.82. The van der Waals surface area contributed by atoms with Crippen molar-refractivity contribution in [3.8, 4) is 0 Å². The van der Waals surface area contributed by atoms with Crippen molar-refractivity contribution in [2.24, 2.45) is 0 Å². The highest BCUT2D eigenvalue weighted by Gasteiger charge is 2.19. The molecule has 7 heteroatoms. The highest BCUT2D eigenvalue weighted by atomic mass is 79.9. The molecule has 5 nitrogen and oxygen atoms in total. The van der Waals surface area contributed by atoms with Crippen LogP contribution in [0.4, 0.5) is 11.4 Å². The molecule has 1 heterocycles. The van der Waals surface area contributed by atoms with Crippen molar-refractivity contribution in [1.82, 2.24) is 0 Å². The van der Waals surface area contributed by atoms with Crippen LogP contribution in [0.1, 0.15) is 0 Å². The Morgan fingerprint density at radius 1 is 1.04 bits per heavy atom. The summed E-state index contributed by atoms with van der Waals surface area (Å²) in [6.07, 6.45) is 0. The number of anilines is 2. The van der Waals surface area contributed by atoms with Gasteiger partial charge in [0.1, 0.15) is 4.90 Å². The van der Waals surface area contributed by atoms with Gasteiger partial charge in [-0.3, -0.25) is 4.72 Å². The quantitative estimate of drug-likeness (QED) is 0.804. The van der Waals surface area contributed by atoms with Gasteiger partial charge >= 0.3 is 0 Å². The van der Waals surface area contributed by atoms with Gasteiger partial charge in [0.15, 0.2) is 0 Å². The van der Waals surface area contributed by atoms with E-state index in [0.29, 0.717) is 10.2 Å². The maximum Gasteiger partial charge on any atom is 0.263 e. The normalized spacial score (nSPS) is 16.2. The van der Waals surface area contributed by atoms with Crippen LogP contribution in [0.15, 0.2) is 57.9 Å². The fourth-order valence-electron chi connectivity index (χ4n) is 2.76. The van der Waals surface area contributed by atoms with E-state index in [4.69, 9.17) is 0 Å². The standard InChI is InChI=1S/C17H20BrN3O2S/c1-20-10-12-21(13-11-20)15-8-6-14(7-9-15)19-24(22,23)17-5-3-2-4-16(17)18/h2-9,19H,10-13H2,1H3/p+1. The first-order valence-corrected chi connectivity index (χ1v) is 10.2. The molecule has 1 aliphatic heterocycles. The molecule has 128 valence electrons. The maximum absolute atomic E-state index is 12.5. The van der Waals surface area contributed by atoms with Crippen LogP contribution >= 0.6 is 15.9 Å². The number of sulfonamides is 1. The Kier molecular flexibility index (Phi) is 5.12. The van der Waals surface area contributed by atoms with E-state index in [9.17, 15) is 8.42 Å². The van der Waals surface area contributed by atoms with Crippen molar-refractivity contribution >= 4 is 37.3 Å². The van der Waals surface area contributed by atoms with Crippen molar-refractivity contribution in [3.05, 3.63) is 53.0 Å². The van der Waals surface area contributed by atoms with Crippen molar-refractivity contribution in [1.29, 1.82) is 0 Å². The number of hydrogen-bond acceptors (Lipinski definition) is 3. The monoisotopic (exact) mass is 410 g/mol. The lowest BCUT2D eigenvalue weighted by atomic mass is 10.2. The van der Waals surface area contributed by atoms with Crippen LogP contribution in [0.2, 0.25) is 0 Å². The fraction of sp³-hybridized carbons (Fsp3) is 0.294. The van der Waals surface area contributed by atoms with Crippen molar-refractivity contribution in [2.75, 3.05) is 42.8 Å². The summed E-state index contributed by atoms with van der Waals surface area (Å²) in [4.78, 5) is 4.11. The summed E-state index contributed by atoms with van der Waals surface area (Å²) in [5.74, 6) is 0. The molecule has 0 radical (unpaired) electrons. The summed E-state index contributed by atoms with van der Waals surface area (Å²) in [7, 11) is -1.40. The average molecular weight is 411 g/mol. The summed E-state index contributed by atoms with van der Waals surface area (Å²) in [6, 6.07) is 14.4. The number of rotatable bonds is 4. The molecule has 3 rings (SSSR count). The molecule has 0 unspecified atom stereocenters. The van der Waals surface area contributed by atoms with Gasteiger partial charge < -0.3 is 9.80 Å². The first kappa shape index (κ1) is 17.3. The number of benzene rings is 2. The molecule has 1 aliphatic rings. The second kappa shape index (κ2) is 7.13. The summed E-state index contributed by atoms with van der Waals surface area (Å²) in [5, 5.41) is 0. The van der Waals surface area contributed by atoms with E-state index in [-0.39, 0.29) is 4.90 Å². The first-order valence-electron chi connectivity index (χ1n) is 7.89. The Labute approximate surface area is 151 Å². The van der Waals surface area contributed by atoms with Crippen LogP contribution in [-0.4, -0.2) is 41.6 Å². The summed E-state index contributed by atoms with van der Waals surface area (Å²) >= 11 is 3.29. The second-order valence-corrected chi connectivity index (χ2v) is 8.53. The van der Waals surface area contributed by atoms with E-state index < -0.39 is 10.0 Å². The summed E-state index contributed by atoms with van der Waals surface area (Å²) in [5.41, 5.74) is 1.69. The third kappa shape index (κ3) is 3.91. The van der Waals surface area contributed by atoms with Crippen molar-refractivity contribution in [2.45, 2.75) is 4.90 Å². The molecular formula is C17H21BrN3O2S+. The predicted molar refractivity (Wildman–Crippen MR) is 100 cm³/mol. The molecule has 0 amide bonds. The van der Waals surface area contributed by atoms with Gasteiger partial charge in [-0.05, 0) is 52.3 Å². The number of piperazine rings is 1. The molecule has 0 spiro atoms. The Hall–Kier alpha value is -1.57. The largest absolute Gasteiger partial charge is 0.360 e. The molecule has 0 aliphatic carbocycles. The molecule has 0 saturated carbocycles. The lowest BCUT2D eigenvalue weighted by Gasteiger charge is -2.31. The molecule has 0 aromatic heterocycles. The molecule has 1 saturated heterocycles. The first-order chi connectivity index (χ1) is 11.5. The number of nitrogens with one attached hydrogen (secondary N) is 2. The smallest absolute Gasteiger partial charge is 0.263 e. The van der Waals surface area contributed by atoms with Gasteiger partial charge in [0, 0.05) is 15.8 Å². The SMILES string of the molecule is C[NH+]1CCN(c2ccc(NS(=O)(=O)c3ccccc3Br)cc2)CC1. The Balaban J connectivity index is 1.73. The lowest BCUT2D eigenvalue weighted by molar-refractivity contribution is -0.880. The Bertz CT molecular complexity index is 801. The van der Waals surface area contributed by atoms with Gasteiger partial charge in [-0.25, -0.2) is 8.42 Å². The van der Waals surface area contributed by atoms with Crippen LogP contribution in [0.5, 0.6) is 0 Å². The van der Waals surface area contributed by atoms with Gasteiger partial charge in [-0.15, -0.1) is 0 Å². The number of hydrogen-bond donors (Lipinski definition) is 2. The zero-order chi connectivity index (χ0) is 17.2. The molecular weight excluding hydrogens is 390 g/mol. The van der Waals surface area contributed by atoms with Gasteiger partial charge in [-0.1, -0.05) is 12.1 Å². The third-order valence-corrected chi connectivity index (χ3v) is 6.62. The van der Waals surface area contributed by atoms with E-state index in [1.54, 1.807) is 29.2 Å². The molecule has 1 fully saturated rings. The Morgan fingerprint density at radius 3 is 2.29 bits per heavy atom. The van der Waals surface area contributed by atoms with E-state index in [1.165, 1.54) is 0 Å². The van der Waals surface area contributed by atoms with Gasteiger partial charge in [0.2, 0.25) is 0 Å². The van der Waals surface area contributed by atoms with Gasteiger partial charge in [0.05, 0.1) is 33.2 Å². The number of nitrogens with zero attached hydrogens (tertiary/aromatic N) is 1. The topological polar surface area (TPSA) is 53.9 Å². The van der Waals surface area contributed by atoms with Crippen molar-refractivity contribution < 1.29 is 13.3 Å². The lowest BCUT2D eigenvalue weighted by Crippen LogP contribution is -3.12. The third-order valence-electron chi connectivity index (χ3n) is 4.23. The van der Waals surface area contributed by atoms with Gasteiger partial charge in [0.25, 0.3) is 10.0 Å². The predicted octanol–water partition coefficient (Wildman–Crippen LogP) is 1.58. The van der Waals surface area contributed by atoms with E-state index in [0.717, 1.165) is 31.9 Å². The van der Waals surface area contributed by atoms with Crippen LogP contribution in [0.25, 0.3) is 0 Å². The molecule has 0 atom stereocenters. The van der Waals surface area contributed by atoms with Gasteiger partial charge in [-0.2, -0.15) is 0 Å². The average Bonchev–Trinajstić information content (AvgIpc) is 2.56. The highest BCUT2D eigenvalue weighted by Crippen LogP contribution is 2.25. The van der Waals surface area contributed by atoms with Crippen molar-refractivity contribution in [3.63, 3.8) is 0 Å². The second-order valence-electron chi connectivity index (χ2n) is 6.03. The maximum atomic E-state index is 12.5. The van der Waals surface area contributed by atoms with Crippen LogP contribution in [0, 0.1) is 0 Å². The van der Waals surface area contributed by atoms with E-state index >= 15 is 0 Å². The molecule has 0 bridgehead atoms. The molecule has 24 heavy (non-hydrogen) atoms. The minimum absolute atomic E-state index is 0.233. The molecule has 2 aromatic carbocycles. The molecule has 2 aromatic rings. The number of likely N-dealkylation sites (N-methyl/N-ethyl adjacent to an activating group) is 1. The van der Waals surface area contributed by atoms with E-state index in [2.05, 4.69) is 32.6 Å². The zero-order valence-corrected chi connectivity index (χ0v) is 15.9.